The molecule has 0 fully saturated rings. The zero-order valence-electron chi connectivity index (χ0n) is 13.6. The molecule has 21 heavy (non-hydrogen) atoms. The van der Waals surface area contributed by atoms with Crippen LogP contribution in [-0.2, 0) is 4.79 Å². The van der Waals surface area contributed by atoms with E-state index in [0.29, 0.717) is 12.5 Å². The molecule has 0 aliphatic heterocycles. The number of aryl methyl sites for hydroxylation is 2. The van der Waals surface area contributed by atoms with Crippen LogP contribution in [0.25, 0.3) is 0 Å². The monoisotopic (exact) mass is 293 g/mol. The summed E-state index contributed by atoms with van der Waals surface area (Å²) in [6.07, 6.45) is 0.827. The summed E-state index contributed by atoms with van der Waals surface area (Å²) in [5.74, 6) is 0.610. The molecule has 0 aromatic heterocycles. The quantitative estimate of drug-likeness (QED) is 0.711. The maximum atomic E-state index is 10.9. The topological polar surface area (TPSA) is 49.8 Å². The van der Waals surface area contributed by atoms with Gasteiger partial charge >= 0.3 is 5.97 Å². The molecule has 4 heteroatoms. The molecule has 1 N–H and O–H groups in total. The van der Waals surface area contributed by atoms with Gasteiger partial charge in [0, 0.05) is 13.1 Å². The molecule has 0 bridgehead atoms. The highest BCUT2D eigenvalue weighted by Gasteiger charge is 2.11. The standard InChI is InChI=1S/C17H27NO3/c1-13(2)11-18(12-17(19)20)8-5-9-21-16-10-14(3)6-7-15(16)4/h6-7,10,13H,5,8-9,11-12H2,1-4H3,(H,19,20). The van der Waals surface area contributed by atoms with Crippen LogP contribution in [0.2, 0.25) is 0 Å². The van der Waals surface area contributed by atoms with E-state index in [1.165, 1.54) is 5.56 Å². The maximum absolute atomic E-state index is 10.9. The second-order valence-electron chi connectivity index (χ2n) is 5.99. The minimum atomic E-state index is -0.772. The smallest absolute Gasteiger partial charge is 0.317 e. The van der Waals surface area contributed by atoms with Gasteiger partial charge in [-0.15, -0.1) is 0 Å². The first kappa shape index (κ1) is 17.5. The Hall–Kier alpha value is -1.55. The Labute approximate surface area is 127 Å². The maximum Gasteiger partial charge on any atom is 0.317 e. The van der Waals surface area contributed by atoms with Crippen LogP contribution < -0.4 is 4.74 Å². The van der Waals surface area contributed by atoms with Crippen molar-refractivity contribution in [2.24, 2.45) is 5.92 Å². The molecule has 0 aliphatic rings. The largest absolute Gasteiger partial charge is 0.493 e. The molecule has 0 heterocycles. The van der Waals surface area contributed by atoms with E-state index in [1.807, 2.05) is 24.8 Å². The molecule has 1 rings (SSSR count). The van der Waals surface area contributed by atoms with E-state index in [1.54, 1.807) is 0 Å². The molecular formula is C17H27NO3. The first-order valence-corrected chi connectivity index (χ1v) is 7.52. The third-order valence-electron chi connectivity index (χ3n) is 3.20. The second kappa shape index (κ2) is 8.67. The fraction of sp³-hybridized carbons (Fsp3) is 0.588. The molecule has 0 atom stereocenters. The number of ether oxygens (including phenoxy) is 1. The summed E-state index contributed by atoms with van der Waals surface area (Å²) in [5, 5.41) is 8.93. The van der Waals surface area contributed by atoms with Crippen molar-refractivity contribution in [3.05, 3.63) is 29.3 Å². The van der Waals surface area contributed by atoms with E-state index in [0.717, 1.165) is 30.8 Å². The molecule has 0 spiro atoms. The Morgan fingerprint density at radius 1 is 1.33 bits per heavy atom. The van der Waals surface area contributed by atoms with E-state index in [4.69, 9.17) is 9.84 Å². The third kappa shape index (κ3) is 7.14. The number of carboxylic acids is 1. The molecule has 0 saturated heterocycles. The lowest BCUT2D eigenvalue weighted by Gasteiger charge is -2.22. The van der Waals surface area contributed by atoms with Crippen molar-refractivity contribution in [2.75, 3.05) is 26.2 Å². The van der Waals surface area contributed by atoms with Gasteiger partial charge in [-0.05, 0) is 43.4 Å². The van der Waals surface area contributed by atoms with Crippen LogP contribution in [0.4, 0.5) is 0 Å². The van der Waals surface area contributed by atoms with Gasteiger partial charge < -0.3 is 9.84 Å². The lowest BCUT2D eigenvalue weighted by Crippen LogP contribution is -2.34. The molecule has 4 nitrogen and oxygen atoms in total. The highest BCUT2D eigenvalue weighted by molar-refractivity contribution is 5.69. The first-order chi connectivity index (χ1) is 9.88. The van der Waals surface area contributed by atoms with Crippen LogP contribution in [-0.4, -0.2) is 42.2 Å². The van der Waals surface area contributed by atoms with Gasteiger partial charge in [-0.25, -0.2) is 0 Å². The molecule has 0 amide bonds. The summed E-state index contributed by atoms with van der Waals surface area (Å²) in [6.45, 7) is 10.5. The zero-order valence-corrected chi connectivity index (χ0v) is 13.6. The van der Waals surface area contributed by atoms with Crippen LogP contribution >= 0.6 is 0 Å². The van der Waals surface area contributed by atoms with E-state index in [9.17, 15) is 4.79 Å². The molecule has 0 unspecified atom stereocenters. The van der Waals surface area contributed by atoms with Crippen LogP contribution in [0, 0.1) is 19.8 Å². The van der Waals surface area contributed by atoms with Crippen LogP contribution in [0.5, 0.6) is 5.75 Å². The van der Waals surface area contributed by atoms with Crippen molar-refractivity contribution >= 4 is 5.97 Å². The number of rotatable bonds is 9. The van der Waals surface area contributed by atoms with Gasteiger partial charge in [0.25, 0.3) is 0 Å². The fourth-order valence-corrected chi connectivity index (χ4v) is 2.28. The molecule has 0 aliphatic carbocycles. The predicted octanol–water partition coefficient (Wildman–Crippen LogP) is 3.11. The Morgan fingerprint density at radius 2 is 2.05 bits per heavy atom. The normalized spacial score (nSPS) is 11.1. The summed E-state index contributed by atoms with van der Waals surface area (Å²) in [6, 6.07) is 6.16. The molecule has 118 valence electrons. The second-order valence-corrected chi connectivity index (χ2v) is 5.99. The van der Waals surface area contributed by atoms with Crippen LogP contribution in [0.3, 0.4) is 0 Å². The van der Waals surface area contributed by atoms with Gasteiger partial charge in [0.05, 0.1) is 13.2 Å². The highest BCUT2D eigenvalue weighted by Crippen LogP contribution is 2.19. The number of benzene rings is 1. The number of aliphatic carboxylic acids is 1. The Morgan fingerprint density at radius 3 is 2.67 bits per heavy atom. The summed E-state index contributed by atoms with van der Waals surface area (Å²) in [7, 11) is 0. The number of hydrogen-bond donors (Lipinski definition) is 1. The number of hydrogen-bond acceptors (Lipinski definition) is 3. The van der Waals surface area contributed by atoms with Crippen molar-refractivity contribution < 1.29 is 14.6 Å². The first-order valence-electron chi connectivity index (χ1n) is 7.52. The summed E-state index contributed by atoms with van der Waals surface area (Å²) in [4.78, 5) is 12.8. The number of nitrogens with zero attached hydrogens (tertiary/aromatic N) is 1. The fourth-order valence-electron chi connectivity index (χ4n) is 2.28. The average molecular weight is 293 g/mol. The van der Waals surface area contributed by atoms with E-state index in [2.05, 4.69) is 26.0 Å². The minimum Gasteiger partial charge on any atom is -0.493 e. The molecule has 0 saturated carbocycles. The molecule has 0 radical (unpaired) electrons. The van der Waals surface area contributed by atoms with Crippen molar-refractivity contribution in [1.29, 1.82) is 0 Å². The van der Waals surface area contributed by atoms with Crippen molar-refractivity contribution in [3.8, 4) is 5.75 Å². The average Bonchev–Trinajstić information content (AvgIpc) is 2.37. The predicted molar refractivity (Wildman–Crippen MR) is 84.9 cm³/mol. The SMILES string of the molecule is Cc1ccc(C)c(OCCCN(CC(=O)O)CC(C)C)c1. The van der Waals surface area contributed by atoms with Gasteiger partial charge in [0.2, 0.25) is 0 Å². The number of carbonyl (C=O) groups is 1. The molecular weight excluding hydrogens is 266 g/mol. The highest BCUT2D eigenvalue weighted by atomic mass is 16.5. The van der Waals surface area contributed by atoms with E-state index >= 15 is 0 Å². The van der Waals surface area contributed by atoms with Gasteiger partial charge in [-0.2, -0.15) is 0 Å². The Bertz CT molecular complexity index is 457. The zero-order chi connectivity index (χ0) is 15.8. The molecule has 1 aromatic carbocycles. The van der Waals surface area contributed by atoms with Gasteiger partial charge in [-0.1, -0.05) is 26.0 Å². The Kier molecular flexibility index (Phi) is 7.23. The lowest BCUT2D eigenvalue weighted by molar-refractivity contribution is -0.138. The summed E-state index contributed by atoms with van der Waals surface area (Å²) < 4.78 is 5.80. The van der Waals surface area contributed by atoms with Gasteiger partial charge in [0.15, 0.2) is 0 Å². The Balaban J connectivity index is 2.39. The third-order valence-corrected chi connectivity index (χ3v) is 3.20. The van der Waals surface area contributed by atoms with Crippen LogP contribution in [0.1, 0.15) is 31.4 Å². The van der Waals surface area contributed by atoms with E-state index in [-0.39, 0.29) is 6.54 Å². The summed E-state index contributed by atoms with van der Waals surface area (Å²) >= 11 is 0. The van der Waals surface area contributed by atoms with Crippen molar-refractivity contribution in [2.45, 2.75) is 34.1 Å². The number of carboxylic acid groups (broad SMARTS) is 1. The summed E-state index contributed by atoms with van der Waals surface area (Å²) in [5.41, 5.74) is 2.31. The molecule has 1 aromatic rings. The lowest BCUT2D eigenvalue weighted by atomic mass is 10.1. The van der Waals surface area contributed by atoms with Crippen molar-refractivity contribution in [3.63, 3.8) is 0 Å². The van der Waals surface area contributed by atoms with Gasteiger partial charge in [0.1, 0.15) is 5.75 Å². The van der Waals surface area contributed by atoms with Gasteiger partial charge in [-0.3, -0.25) is 9.69 Å². The van der Waals surface area contributed by atoms with Crippen LogP contribution in [0.15, 0.2) is 18.2 Å². The minimum absolute atomic E-state index is 0.0989. The van der Waals surface area contributed by atoms with E-state index < -0.39 is 5.97 Å². The van der Waals surface area contributed by atoms with Crippen molar-refractivity contribution in [1.82, 2.24) is 4.90 Å².